The molecule has 1 atom stereocenters. The lowest BCUT2D eigenvalue weighted by Crippen LogP contribution is -2.47. The third-order valence-corrected chi connectivity index (χ3v) is 1.74. The molecule has 1 unspecified atom stereocenters. The Bertz CT molecular complexity index is 260. The number of aliphatic carboxylic acids is 2. The molecule has 0 aromatic carbocycles. The van der Waals surface area contributed by atoms with Gasteiger partial charge in [0, 0.05) is 13.7 Å². The zero-order chi connectivity index (χ0) is 12.7. The maximum absolute atomic E-state index is 11.6. The van der Waals surface area contributed by atoms with Crippen LogP contribution in [0.3, 0.4) is 0 Å². The van der Waals surface area contributed by atoms with Gasteiger partial charge >= 0.3 is 11.9 Å². The Morgan fingerprint density at radius 2 is 1.69 bits per heavy atom. The Hall–Kier alpha value is -1.67. The number of nitrogens with zero attached hydrogens (tertiary/aromatic N) is 1. The van der Waals surface area contributed by atoms with E-state index in [2.05, 4.69) is 0 Å². The van der Waals surface area contributed by atoms with Gasteiger partial charge in [-0.3, -0.25) is 14.4 Å². The molecule has 0 heterocycles. The van der Waals surface area contributed by atoms with Crippen LogP contribution in [0.4, 0.5) is 0 Å². The summed E-state index contributed by atoms with van der Waals surface area (Å²) >= 11 is 0. The molecule has 0 aliphatic carbocycles. The first-order chi connectivity index (χ1) is 7.42. The van der Waals surface area contributed by atoms with E-state index in [1.165, 1.54) is 7.11 Å². The van der Waals surface area contributed by atoms with E-state index in [1.807, 2.05) is 0 Å². The summed E-state index contributed by atoms with van der Waals surface area (Å²) < 4.78 is 4.70. The van der Waals surface area contributed by atoms with Crippen LogP contribution in [0.1, 0.15) is 0 Å². The van der Waals surface area contributed by atoms with Gasteiger partial charge in [0.25, 0.3) is 5.91 Å². The number of carboxylic acid groups (broad SMARTS) is 2. The molecule has 4 N–H and O–H groups in total. The van der Waals surface area contributed by atoms with Gasteiger partial charge in [0.1, 0.15) is 19.2 Å². The summed E-state index contributed by atoms with van der Waals surface area (Å²) in [7, 11) is 1.23. The number of hydrogen-bond donors (Lipinski definition) is 3. The summed E-state index contributed by atoms with van der Waals surface area (Å²) in [5.41, 5.74) is 5.22. The van der Waals surface area contributed by atoms with E-state index in [0.29, 0.717) is 4.90 Å². The molecule has 92 valence electrons. The van der Waals surface area contributed by atoms with E-state index in [0.717, 1.165) is 0 Å². The van der Waals surface area contributed by atoms with Crippen molar-refractivity contribution in [3.63, 3.8) is 0 Å². The fourth-order valence-corrected chi connectivity index (χ4v) is 1.04. The normalized spacial score (nSPS) is 11.9. The molecule has 0 saturated heterocycles. The summed E-state index contributed by atoms with van der Waals surface area (Å²) in [6, 6.07) is 0. The molecule has 0 aliphatic heterocycles. The van der Waals surface area contributed by atoms with E-state index in [-0.39, 0.29) is 6.54 Å². The zero-order valence-electron chi connectivity index (χ0n) is 8.75. The number of amides is 1. The second kappa shape index (κ2) is 6.75. The number of nitrogens with two attached hydrogens (primary N) is 1. The van der Waals surface area contributed by atoms with Crippen LogP contribution in [0.15, 0.2) is 0 Å². The van der Waals surface area contributed by atoms with Crippen LogP contribution in [-0.2, 0) is 19.1 Å². The molecule has 1 amide bonds. The predicted molar refractivity (Wildman–Crippen MR) is 51.7 cm³/mol. The highest BCUT2D eigenvalue weighted by molar-refractivity contribution is 5.87. The SMILES string of the molecule is COC(CN)C(=O)N(CC(=O)O)CC(=O)O. The first kappa shape index (κ1) is 14.3. The third-order valence-electron chi connectivity index (χ3n) is 1.74. The van der Waals surface area contributed by atoms with E-state index >= 15 is 0 Å². The minimum Gasteiger partial charge on any atom is -0.480 e. The molecule has 0 aromatic rings. The van der Waals surface area contributed by atoms with E-state index in [1.54, 1.807) is 0 Å². The highest BCUT2D eigenvalue weighted by Gasteiger charge is 2.26. The van der Waals surface area contributed by atoms with Crippen molar-refractivity contribution in [1.29, 1.82) is 0 Å². The van der Waals surface area contributed by atoms with Crippen molar-refractivity contribution in [3.05, 3.63) is 0 Å². The van der Waals surface area contributed by atoms with Gasteiger partial charge < -0.3 is 25.6 Å². The minimum absolute atomic E-state index is 0.148. The van der Waals surface area contributed by atoms with Crippen LogP contribution in [0.5, 0.6) is 0 Å². The van der Waals surface area contributed by atoms with Crippen molar-refractivity contribution in [1.82, 2.24) is 4.90 Å². The van der Waals surface area contributed by atoms with Crippen LogP contribution >= 0.6 is 0 Å². The number of carbonyl (C=O) groups is 3. The van der Waals surface area contributed by atoms with Gasteiger partial charge in [-0.25, -0.2) is 0 Å². The van der Waals surface area contributed by atoms with Gasteiger partial charge in [-0.1, -0.05) is 0 Å². The van der Waals surface area contributed by atoms with Crippen LogP contribution in [0, 0.1) is 0 Å². The first-order valence-corrected chi connectivity index (χ1v) is 4.37. The monoisotopic (exact) mass is 234 g/mol. The molecular weight excluding hydrogens is 220 g/mol. The van der Waals surface area contributed by atoms with Crippen molar-refractivity contribution in [3.8, 4) is 0 Å². The highest BCUT2D eigenvalue weighted by Crippen LogP contribution is 1.98. The van der Waals surface area contributed by atoms with Crippen LogP contribution in [0.25, 0.3) is 0 Å². The summed E-state index contributed by atoms with van der Waals surface area (Å²) in [5.74, 6) is -3.36. The van der Waals surface area contributed by atoms with Crippen LogP contribution in [0.2, 0.25) is 0 Å². The second-order valence-corrected chi connectivity index (χ2v) is 2.94. The van der Waals surface area contributed by atoms with Gasteiger partial charge in [0.15, 0.2) is 0 Å². The molecule has 8 nitrogen and oxygen atoms in total. The summed E-state index contributed by atoms with van der Waals surface area (Å²) in [6.07, 6.45) is -1.03. The maximum atomic E-state index is 11.6. The Morgan fingerprint density at radius 1 is 1.25 bits per heavy atom. The van der Waals surface area contributed by atoms with Gasteiger partial charge in [0.05, 0.1) is 0 Å². The predicted octanol–water partition coefficient (Wildman–Crippen LogP) is -2.04. The third kappa shape index (κ3) is 4.71. The second-order valence-electron chi connectivity index (χ2n) is 2.94. The number of methoxy groups -OCH3 is 1. The van der Waals surface area contributed by atoms with Gasteiger partial charge in [0.2, 0.25) is 0 Å². The van der Waals surface area contributed by atoms with Crippen molar-refractivity contribution in [2.24, 2.45) is 5.73 Å². The molecule has 16 heavy (non-hydrogen) atoms. The number of ether oxygens (including phenoxy) is 1. The summed E-state index contributed by atoms with van der Waals surface area (Å²) in [6.45, 7) is -1.55. The van der Waals surface area contributed by atoms with E-state index in [9.17, 15) is 14.4 Å². The molecular formula is C8H14N2O6. The highest BCUT2D eigenvalue weighted by atomic mass is 16.5. The van der Waals surface area contributed by atoms with Crippen molar-refractivity contribution < 1.29 is 29.3 Å². The van der Waals surface area contributed by atoms with Crippen molar-refractivity contribution in [2.75, 3.05) is 26.7 Å². The summed E-state index contributed by atoms with van der Waals surface area (Å²) in [5, 5.41) is 17.0. The number of carbonyl (C=O) groups excluding carboxylic acids is 1. The number of rotatable bonds is 7. The van der Waals surface area contributed by atoms with Gasteiger partial charge in [-0.05, 0) is 0 Å². The number of carboxylic acids is 2. The van der Waals surface area contributed by atoms with Crippen molar-refractivity contribution in [2.45, 2.75) is 6.10 Å². The molecule has 0 aliphatic rings. The lowest BCUT2D eigenvalue weighted by molar-refractivity contribution is -0.153. The average Bonchev–Trinajstić information content (AvgIpc) is 2.17. The van der Waals surface area contributed by atoms with E-state index < -0.39 is 37.0 Å². The van der Waals surface area contributed by atoms with Crippen LogP contribution in [-0.4, -0.2) is 65.8 Å². The molecule has 8 heteroatoms. The smallest absolute Gasteiger partial charge is 0.323 e. The average molecular weight is 234 g/mol. The van der Waals surface area contributed by atoms with E-state index in [4.69, 9.17) is 20.7 Å². The molecule has 0 spiro atoms. The molecule has 0 rings (SSSR count). The zero-order valence-corrected chi connectivity index (χ0v) is 8.75. The Balaban J connectivity index is 4.66. The quantitative estimate of drug-likeness (QED) is 0.462. The Kier molecular flexibility index (Phi) is 6.04. The molecule has 0 aromatic heterocycles. The summed E-state index contributed by atoms with van der Waals surface area (Å²) in [4.78, 5) is 33.1. The molecule has 0 saturated carbocycles. The first-order valence-electron chi connectivity index (χ1n) is 4.37. The Labute approximate surface area is 91.6 Å². The minimum atomic E-state index is -1.30. The molecule has 0 radical (unpaired) electrons. The fraction of sp³-hybridized carbons (Fsp3) is 0.625. The number of hydrogen-bond acceptors (Lipinski definition) is 5. The van der Waals surface area contributed by atoms with Gasteiger partial charge in [-0.15, -0.1) is 0 Å². The van der Waals surface area contributed by atoms with Gasteiger partial charge in [-0.2, -0.15) is 0 Å². The largest absolute Gasteiger partial charge is 0.480 e. The maximum Gasteiger partial charge on any atom is 0.323 e. The lowest BCUT2D eigenvalue weighted by atomic mass is 10.3. The molecule has 0 fully saturated rings. The Morgan fingerprint density at radius 3 is 1.94 bits per heavy atom. The fourth-order valence-electron chi connectivity index (χ4n) is 1.04. The van der Waals surface area contributed by atoms with Crippen molar-refractivity contribution >= 4 is 17.8 Å². The lowest BCUT2D eigenvalue weighted by Gasteiger charge is -2.22. The molecule has 0 bridgehead atoms. The van der Waals surface area contributed by atoms with Crippen LogP contribution < -0.4 is 5.73 Å². The topological polar surface area (TPSA) is 130 Å². The standard InChI is InChI=1S/C8H14N2O6/c1-16-5(2-9)8(15)10(3-6(11)12)4-7(13)14/h5H,2-4,9H2,1H3,(H,11,12)(H,13,14).